The van der Waals surface area contributed by atoms with E-state index in [1.807, 2.05) is 24.3 Å². The van der Waals surface area contributed by atoms with Crippen LogP contribution in [0.5, 0.6) is 0 Å². The molecule has 0 spiro atoms. The van der Waals surface area contributed by atoms with Gasteiger partial charge in [-0.15, -0.1) is 0 Å². The molecule has 0 unspecified atom stereocenters. The van der Waals surface area contributed by atoms with Crippen molar-refractivity contribution in [3.63, 3.8) is 0 Å². The lowest BCUT2D eigenvalue weighted by Crippen LogP contribution is -2.16. The van der Waals surface area contributed by atoms with Gasteiger partial charge in [-0.1, -0.05) is 60.7 Å². The number of benzene rings is 2. The topological polar surface area (TPSA) is 70.5 Å². The van der Waals surface area contributed by atoms with E-state index in [0.717, 1.165) is 0 Å². The molecule has 2 aromatic carbocycles. The number of nitrogens with zero attached hydrogens (tertiary/aromatic N) is 2. The van der Waals surface area contributed by atoms with E-state index >= 15 is 0 Å². The van der Waals surface area contributed by atoms with Gasteiger partial charge < -0.3 is 5.53 Å². The summed E-state index contributed by atoms with van der Waals surface area (Å²) in [6.07, 6.45) is 1.04. The molecule has 4 heteroatoms. The second-order valence-corrected chi connectivity index (χ2v) is 4.88. The molecule has 0 amide bonds. The minimum Gasteiger partial charge on any atom is -0.361 e. The number of hydrogen-bond donors (Lipinski definition) is 0. The lowest BCUT2D eigenvalue weighted by molar-refractivity contribution is -0.00922. The first-order chi connectivity index (χ1) is 10.7. The van der Waals surface area contributed by atoms with Crippen LogP contribution in [0.25, 0.3) is 5.53 Å². The maximum atomic E-state index is 12.1. The van der Waals surface area contributed by atoms with Crippen LogP contribution in [0.15, 0.2) is 60.7 Å². The van der Waals surface area contributed by atoms with E-state index in [9.17, 15) is 9.59 Å². The first-order valence-electron chi connectivity index (χ1n) is 7.11. The molecular formula is C18H16N2O2. The monoisotopic (exact) mass is 292 g/mol. The number of carbonyl (C=O) groups is 2. The summed E-state index contributed by atoms with van der Waals surface area (Å²) in [5, 5.41) is 0. The first-order valence-corrected chi connectivity index (χ1v) is 7.11. The Hall–Kier alpha value is -2.84. The zero-order valence-electron chi connectivity index (χ0n) is 12.1. The summed E-state index contributed by atoms with van der Waals surface area (Å²) in [6.45, 7) is 0. The summed E-state index contributed by atoms with van der Waals surface area (Å²) in [7, 11) is 0. The van der Waals surface area contributed by atoms with Crippen LogP contribution in [0.3, 0.4) is 0 Å². The summed E-state index contributed by atoms with van der Waals surface area (Å²) in [5.41, 5.74) is 10.2. The van der Waals surface area contributed by atoms with Gasteiger partial charge in [0.25, 0.3) is 5.78 Å². The zero-order valence-corrected chi connectivity index (χ0v) is 12.1. The van der Waals surface area contributed by atoms with Gasteiger partial charge >= 0.3 is 5.71 Å². The van der Waals surface area contributed by atoms with Crippen LogP contribution in [0.4, 0.5) is 0 Å². The fourth-order valence-corrected chi connectivity index (χ4v) is 2.15. The summed E-state index contributed by atoms with van der Waals surface area (Å²) >= 11 is 0. The maximum absolute atomic E-state index is 12.1. The molecule has 110 valence electrons. The van der Waals surface area contributed by atoms with Crippen LogP contribution in [0.2, 0.25) is 0 Å². The summed E-state index contributed by atoms with van der Waals surface area (Å²) in [4.78, 5) is 27.2. The van der Waals surface area contributed by atoms with E-state index in [4.69, 9.17) is 5.53 Å². The molecule has 0 aliphatic heterocycles. The quantitative estimate of drug-likeness (QED) is 0.338. The average Bonchev–Trinajstić information content (AvgIpc) is 2.59. The van der Waals surface area contributed by atoms with Gasteiger partial charge in [0, 0.05) is 17.5 Å². The van der Waals surface area contributed by atoms with E-state index in [1.165, 1.54) is 0 Å². The van der Waals surface area contributed by atoms with Gasteiger partial charge in [0.05, 0.1) is 6.42 Å². The van der Waals surface area contributed by atoms with E-state index in [0.29, 0.717) is 24.0 Å². The normalized spacial score (nSPS) is 9.82. The summed E-state index contributed by atoms with van der Waals surface area (Å²) in [5.74, 6) is -0.291. The Morgan fingerprint density at radius 1 is 0.818 bits per heavy atom. The highest BCUT2D eigenvalue weighted by Crippen LogP contribution is 2.09. The summed E-state index contributed by atoms with van der Waals surface area (Å²) < 4.78 is 0. The van der Waals surface area contributed by atoms with Crippen molar-refractivity contribution in [3.8, 4) is 0 Å². The smallest absolute Gasteiger partial charge is 0.339 e. The molecule has 2 rings (SSSR count). The lowest BCUT2D eigenvalue weighted by atomic mass is 10.00. The van der Waals surface area contributed by atoms with Crippen molar-refractivity contribution in [3.05, 3.63) is 77.3 Å². The third kappa shape index (κ3) is 4.08. The zero-order chi connectivity index (χ0) is 15.8. The Kier molecular flexibility index (Phi) is 5.52. The van der Waals surface area contributed by atoms with Gasteiger partial charge in [0.1, 0.15) is 0 Å². The van der Waals surface area contributed by atoms with Crippen LogP contribution < -0.4 is 0 Å². The molecule has 0 aliphatic rings. The molecule has 0 heterocycles. The largest absolute Gasteiger partial charge is 0.361 e. The van der Waals surface area contributed by atoms with Gasteiger partial charge in [-0.05, 0) is 6.42 Å². The second kappa shape index (κ2) is 7.81. The highest BCUT2D eigenvalue weighted by molar-refractivity contribution is 6.43. The van der Waals surface area contributed by atoms with Gasteiger partial charge in [0.2, 0.25) is 0 Å². The minimum atomic E-state index is -0.310. The molecule has 2 aromatic rings. The van der Waals surface area contributed by atoms with Crippen LogP contribution in [0.1, 0.15) is 40.0 Å². The van der Waals surface area contributed by atoms with E-state index in [2.05, 4.69) is 4.79 Å². The molecule has 22 heavy (non-hydrogen) atoms. The molecule has 0 bridgehead atoms. The van der Waals surface area contributed by atoms with E-state index < -0.39 is 0 Å². The van der Waals surface area contributed by atoms with Gasteiger partial charge in [-0.2, -0.15) is 4.79 Å². The minimum absolute atomic E-state index is 0.0186. The van der Waals surface area contributed by atoms with Crippen molar-refractivity contribution >= 4 is 17.3 Å². The van der Waals surface area contributed by atoms with Crippen molar-refractivity contribution in [2.24, 2.45) is 0 Å². The number of ketones is 2. The number of rotatable bonds is 7. The van der Waals surface area contributed by atoms with Crippen molar-refractivity contribution in [1.29, 1.82) is 0 Å². The average molecular weight is 292 g/mol. The standard InChI is InChI=1S/C18H16N2O2/c19-20-16(18(22)15-10-5-2-6-11-15)12-7-13-17(21)14-8-3-1-4-9-14/h1-6,8-11H,7,12-13H2. The number of hydrogen-bond acceptors (Lipinski definition) is 2. The summed E-state index contributed by atoms with van der Waals surface area (Å²) in [6, 6.07) is 17.7. The van der Waals surface area contributed by atoms with E-state index in [1.54, 1.807) is 36.4 Å². The number of Topliss-reactive ketones (excluding diaryl/α,β-unsaturated/α-hetero) is 2. The molecule has 0 N–H and O–H groups in total. The second-order valence-electron chi connectivity index (χ2n) is 4.88. The van der Waals surface area contributed by atoms with Crippen LogP contribution in [-0.2, 0) is 0 Å². The molecule has 0 fully saturated rings. The Morgan fingerprint density at radius 2 is 1.36 bits per heavy atom. The third-order valence-corrected chi connectivity index (χ3v) is 3.33. The fourth-order valence-electron chi connectivity index (χ4n) is 2.15. The van der Waals surface area contributed by atoms with Crippen LogP contribution >= 0.6 is 0 Å². The Morgan fingerprint density at radius 3 is 1.91 bits per heavy atom. The van der Waals surface area contributed by atoms with Crippen molar-refractivity contribution in [2.45, 2.75) is 19.3 Å². The molecule has 0 saturated carbocycles. The fraction of sp³-hybridized carbons (Fsp3) is 0.167. The number of carbonyl (C=O) groups excluding carboxylic acids is 2. The van der Waals surface area contributed by atoms with Crippen molar-refractivity contribution in [2.75, 3.05) is 0 Å². The lowest BCUT2D eigenvalue weighted by Gasteiger charge is -2.00. The molecule has 0 atom stereocenters. The van der Waals surface area contributed by atoms with Gasteiger partial charge in [0.15, 0.2) is 5.78 Å². The molecule has 0 aliphatic carbocycles. The molecule has 0 saturated heterocycles. The van der Waals surface area contributed by atoms with Crippen LogP contribution in [0, 0.1) is 0 Å². The maximum Gasteiger partial charge on any atom is 0.339 e. The molecule has 0 aromatic heterocycles. The predicted octanol–water partition coefficient (Wildman–Crippen LogP) is 3.59. The van der Waals surface area contributed by atoms with Gasteiger partial charge in [-0.25, -0.2) is 0 Å². The Balaban J connectivity index is 1.91. The first kappa shape index (κ1) is 15.5. The Bertz CT molecular complexity index is 702. The third-order valence-electron chi connectivity index (χ3n) is 3.33. The highest BCUT2D eigenvalue weighted by atomic mass is 16.1. The van der Waals surface area contributed by atoms with Crippen molar-refractivity contribution < 1.29 is 14.4 Å². The van der Waals surface area contributed by atoms with E-state index in [-0.39, 0.29) is 23.7 Å². The Labute approximate surface area is 129 Å². The molecular weight excluding hydrogens is 276 g/mol. The SMILES string of the molecule is [N-]=[N+]=C(CCCC(=O)c1ccccc1)C(=O)c1ccccc1. The van der Waals surface area contributed by atoms with Crippen molar-refractivity contribution in [1.82, 2.24) is 0 Å². The van der Waals surface area contributed by atoms with Gasteiger partial charge in [-0.3, -0.25) is 9.59 Å². The highest BCUT2D eigenvalue weighted by Gasteiger charge is 2.21. The molecule has 4 nitrogen and oxygen atoms in total. The predicted molar refractivity (Wildman–Crippen MR) is 84.0 cm³/mol. The van der Waals surface area contributed by atoms with Crippen LogP contribution in [-0.4, -0.2) is 22.1 Å². The molecule has 0 radical (unpaired) electrons.